The molecule has 0 heterocycles. The molecule has 0 fully saturated rings. The Morgan fingerprint density at radius 3 is 2.26 bits per heavy atom. The van der Waals surface area contributed by atoms with E-state index in [-0.39, 0.29) is 6.04 Å². The molecule has 0 radical (unpaired) electrons. The van der Waals surface area contributed by atoms with Gasteiger partial charge in [0.25, 0.3) is 0 Å². The van der Waals surface area contributed by atoms with Crippen LogP contribution in [0.4, 0.5) is 8.78 Å². The van der Waals surface area contributed by atoms with E-state index in [1.807, 2.05) is 6.92 Å². The molecular formula is C15H24F2N2. The van der Waals surface area contributed by atoms with Crippen molar-refractivity contribution >= 4 is 0 Å². The largest absolute Gasteiger partial charge is 0.309 e. The molecule has 1 aromatic carbocycles. The zero-order valence-corrected chi connectivity index (χ0v) is 12.0. The van der Waals surface area contributed by atoms with Crippen LogP contribution in [-0.2, 0) is 0 Å². The van der Waals surface area contributed by atoms with Crippen LogP contribution in [0.2, 0.25) is 0 Å². The lowest BCUT2D eigenvalue weighted by atomic mass is 10.1. The lowest BCUT2D eigenvalue weighted by Gasteiger charge is -2.21. The van der Waals surface area contributed by atoms with Crippen molar-refractivity contribution in [3.8, 4) is 0 Å². The first-order valence-corrected chi connectivity index (χ1v) is 6.98. The molecule has 0 aliphatic heterocycles. The van der Waals surface area contributed by atoms with E-state index in [0.29, 0.717) is 5.56 Å². The molecule has 0 aliphatic carbocycles. The van der Waals surface area contributed by atoms with Crippen LogP contribution in [0.3, 0.4) is 0 Å². The molecule has 2 nitrogen and oxygen atoms in total. The Morgan fingerprint density at radius 2 is 1.74 bits per heavy atom. The summed E-state index contributed by atoms with van der Waals surface area (Å²) in [7, 11) is 0. The highest BCUT2D eigenvalue weighted by molar-refractivity contribution is 5.20. The molecule has 1 unspecified atom stereocenters. The number of halogens is 2. The lowest BCUT2D eigenvalue weighted by molar-refractivity contribution is 0.284. The molecule has 0 aliphatic rings. The molecule has 0 spiro atoms. The number of rotatable bonds is 8. The van der Waals surface area contributed by atoms with Crippen molar-refractivity contribution in [1.82, 2.24) is 10.2 Å². The first-order valence-electron chi connectivity index (χ1n) is 6.98. The first kappa shape index (κ1) is 16.1. The van der Waals surface area contributed by atoms with E-state index in [0.717, 1.165) is 38.7 Å². The summed E-state index contributed by atoms with van der Waals surface area (Å²) in [6.45, 7) is 10.1. The first-order chi connectivity index (χ1) is 9.06. The Kier molecular flexibility index (Phi) is 6.95. The van der Waals surface area contributed by atoms with Crippen molar-refractivity contribution in [2.75, 3.05) is 26.2 Å². The average molecular weight is 270 g/mol. The molecule has 0 amide bonds. The minimum atomic E-state index is -0.523. The zero-order chi connectivity index (χ0) is 14.3. The van der Waals surface area contributed by atoms with Crippen LogP contribution in [0, 0.1) is 11.6 Å². The molecule has 0 bridgehead atoms. The molecule has 0 aromatic heterocycles. The van der Waals surface area contributed by atoms with Gasteiger partial charge >= 0.3 is 0 Å². The van der Waals surface area contributed by atoms with Gasteiger partial charge in [0, 0.05) is 25.2 Å². The van der Waals surface area contributed by atoms with Crippen LogP contribution in [0.1, 0.15) is 38.8 Å². The maximum atomic E-state index is 13.1. The highest BCUT2D eigenvalue weighted by Crippen LogP contribution is 2.15. The second kappa shape index (κ2) is 8.23. The second-order valence-electron chi connectivity index (χ2n) is 4.81. The highest BCUT2D eigenvalue weighted by Gasteiger charge is 2.08. The van der Waals surface area contributed by atoms with Gasteiger partial charge in [-0.3, -0.25) is 0 Å². The van der Waals surface area contributed by atoms with Crippen LogP contribution < -0.4 is 5.32 Å². The summed E-state index contributed by atoms with van der Waals surface area (Å²) in [4.78, 5) is 2.35. The Hall–Kier alpha value is -1.00. The molecule has 1 rings (SSSR count). The molecule has 0 saturated carbocycles. The molecular weight excluding hydrogens is 246 g/mol. The third-order valence-electron chi connectivity index (χ3n) is 3.25. The van der Waals surface area contributed by atoms with Crippen molar-refractivity contribution < 1.29 is 8.78 Å². The molecule has 1 N–H and O–H groups in total. The molecule has 0 saturated heterocycles. The third kappa shape index (κ3) is 5.66. The van der Waals surface area contributed by atoms with Crippen molar-refractivity contribution in [2.24, 2.45) is 0 Å². The fourth-order valence-electron chi connectivity index (χ4n) is 2.13. The van der Waals surface area contributed by atoms with Crippen molar-refractivity contribution in [2.45, 2.75) is 33.2 Å². The Bertz CT molecular complexity index is 362. The van der Waals surface area contributed by atoms with E-state index in [1.54, 1.807) is 0 Å². The molecule has 1 atom stereocenters. The van der Waals surface area contributed by atoms with Gasteiger partial charge in [0.1, 0.15) is 11.6 Å². The fraction of sp³-hybridized carbons (Fsp3) is 0.600. The normalized spacial score (nSPS) is 12.9. The summed E-state index contributed by atoms with van der Waals surface area (Å²) >= 11 is 0. The number of likely N-dealkylation sites (N-methyl/N-ethyl adjacent to an activating group) is 1. The van der Waals surface area contributed by atoms with Crippen LogP contribution >= 0.6 is 0 Å². The number of benzene rings is 1. The average Bonchev–Trinajstić information content (AvgIpc) is 2.36. The van der Waals surface area contributed by atoms with Gasteiger partial charge in [-0.1, -0.05) is 13.8 Å². The molecule has 19 heavy (non-hydrogen) atoms. The maximum Gasteiger partial charge on any atom is 0.126 e. The minimum absolute atomic E-state index is 0.0504. The van der Waals surface area contributed by atoms with Crippen LogP contribution in [0.15, 0.2) is 18.2 Å². The Morgan fingerprint density at radius 1 is 1.11 bits per heavy atom. The summed E-state index contributed by atoms with van der Waals surface area (Å²) in [5.41, 5.74) is 0.649. The van der Waals surface area contributed by atoms with Crippen LogP contribution in [0.5, 0.6) is 0 Å². The lowest BCUT2D eigenvalue weighted by Crippen LogP contribution is -2.33. The van der Waals surface area contributed by atoms with E-state index < -0.39 is 11.6 Å². The van der Waals surface area contributed by atoms with Crippen LogP contribution in [0.25, 0.3) is 0 Å². The molecule has 4 heteroatoms. The number of nitrogens with one attached hydrogen (secondary N) is 1. The van der Waals surface area contributed by atoms with Gasteiger partial charge in [0.2, 0.25) is 0 Å². The predicted octanol–water partition coefficient (Wildman–Crippen LogP) is 3.35. The van der Waals surface area contributed by atoms with Crippen LogP contribution in [-0.4, -0.2) is 31.1 Å². The molecule has 1 aromatic rings. The summed E-state index contributed by atoms with van der Waals surface area (Å²) in [6.07, 6.45) is 1.14. The van der Waals surface area contributed by atoms with Gasteiger partial charge in [-0.05, 0) is 44.1 Å². The zero-order valence-electron chi connectivity index (χ0n) is 12.0. The third-order valence-corrected chi connectivity index (χ3v) is 3.25. The standard InChI is InChI=1S/C15H24F2N2/c1-4-7-19(5-2)8-6-18-12(3)13-9-14(16)11-15(17)10-13/h9-12,18H,4-8H2,1-3H3. The number of hydrogen-bond acceptors (Lipinski definition) is 2. The van der Waals surface area contributed by atoms with Gasteiger partial charge < -0.3 is 10.2 Å². The topological polar surface area (TPSA) is 15.3 Å². The fourth-order valence-corrected chi connectivity index (χ4v) is 2.13. The van der Waals surface area contributed by atoms with Crippen molar-refractivity contribution in [3.05, 3.63) is 35.4 Å². The van der Waals surface area contributed by atoms with Crippen molar-refractivity contribution in [3.63, 3.8) is 0 Å². The minimum Gasteiger partial charge on any atom is -0.309 e. The Labute approximate surface area is 114 Å². The quantitative estimate of drug-likeness (QED) is 0.779. The monoisotopic (exact) mass is 270 g/mol. The van der Waals surface area contributed by atoms with E-state index in [4.69, 9.17) is 0 Å². The number of nitrogens with zero attached hydrogens (tertiary/aromatic N) is 1. The van der Waals surface area contributed by atoms with E-state index in [2.05, 4.69) is 24.1 Å². The van der Waals surface area contributed by atoms with Gasteiger partial charge in [0.15, 0.2) is 0 Å². The number of hydrogen-bond donors (Lipinski definition) is 1. The summed E-state index contributed by atoms with van der Waals surface area (Å²) in [6, 6.07) is 3.61. The van der Waals surface area contributed by atoms with Crippen molar-refractivity contribution in [1.29, 1.82) is 0 Å². The summed E-state index contributed by atoms with van der Waals surface area (Å²) < 4.78 is 26.2. The van der Waals surface area contributed by atoms with E-state index in [9.17, 15) is 8.78 Å². The van der Waals surface area contributed by atoms with Gasteiger partial charge in [0.05, 0.1) is 0 Å². The smallest absolute Gasteiger partial charge is 0.126 e. The van der Waals surface area contributed by atoms with E-state index in [1.165, 1.54) is 12.1 Å². The molecule has 108 valence electrons. The van der Waals surface area contributed by atoms with Gasteiger partial charge in [-0.25, -0.2) is 8.78 Å². The summed E-state index contributed by atoms with van der Waals surface area (Å²) in [5, 5.41) is 3.30. The van der Waals surface area contributed by atoms with E-state index >= 15 is 0 Å². The maximum absolute atomic E-state index is 13.1. The van der Waals surface area contributed by atoms with Gasteiger partial charge in [-0.15, -0.1) is 0 Å². The SMILES string of the molecule is CCCN(CC)CCNC(C)c1cc(F)cc(F)c1. The second-order valence-corrected chi connectivity index (χ2v) is 4.81. The Balaban J connectivity index is 2.44. The highest BCUT2D eigenvalue weighted by atomic mass is 19.1. The predicted molar refractivity (Wildman–Crippen MR) is 75.2 cm³/mol. The van der Waals surface area contributed by atoms with Gasteiger partial charge in [-0.2, -0.15) is 0 Å². The summed E-state index contributed by atoms with van der Waals surface area (Å²) in [5.74, 6) is -1.05.